The van der Waals surface area contributed by atoms with Gasteiger partial charge in [-0.15, -0.1) is 0 Å². The van der Waals surface area contributed by atoms with Gasteiger partial charge in [-0.2, -0.15) is 4.73 Å². The topological polar surface area (TPSA) is 39.8 Å². The quantitative estimate of drug-likeness (QED) is 0.590. The second-order valence-corrected chi connectivity index (χ2v) is 6.83. The molecule has 1 aromatic carbocycles. The zero-order valence-corrected chi connectivity index (χ0v) is 14.5. The molecule has 3 nitrogen and oxygen atoms in total. The molecular weight excluding hydrogens is 284 g/mol. The summed E-state index contributed by atoms with van der Waals surface area (Å²) >= 11 is 0. The van der Waals surface area contributed by atoms with Crippen molar-refractivity contribution in [2.24, 2.45) is 11.8 Å². The first-order chi connectivity index (χ1) is 11.0. The Morgan fingerprint density at radius 3 is 2.26 bits per heavy atom. The molecule has 1 aromatic heterocycles. The minimum Gasteiger partial charge on any atom is -0.618 e. The van der Waals surface area contributed by atoms with Crippen LogP contribution in [0.25, 0.3) is 12.2 Å². The monoisotopic (exact) mass is 310 g/mol. The van der Waals surface area contributed by atoms with Crippen LogP contribution in [0.4, 0.5) is 0 Å². The van der Waals surface area contributed by atoms with Crippen molar-refractivity contribution < 1.29 is 4.73 Å². The van der Waals surface area contributed by atoms with Crippen LogP contribution in [0, 0.1) is 17.0 Å². The van der Waals surface area contributed by atoms with Crippen molar-refractivity contribution in [2.75, 3.05) is 0 Å². The van der Waals surface area contributed by atoms with Crippen LogP contribution >= 0.6 is 0 Å². The van der Waals surface area contributed by atoms with E-state index in [1.54, 1.807) is 6.20 Å². The van der Waals surface area contributed by atoms with E-state index >= 15 is 0 Å². The highest BCUT2D eigenvalue weighted by Gasteiger charge is 2.17. The van der Waals surface area contributed by atoms with E-state index in [0.717, 1.165) is 40.2 Å². The van der Waals surface area contributed by atoms with Crippen LogP contribution in [0.2, 0.25) is 0 Å². The summed E-state index contributed by atoms with van der Waals surface area (Å²) in [5, 5.41) is 12.4. The molecule has 0 aliphatic carbocycles. The molecule has 2 aromatic rings. The van der Waals surface area contributed by atoms with Gasteiger partial charge in [0.25, 0.3) is 0 Å². The molecule has 0 saturated carbocycles. The second-order valence-electron chi connectivity index (χ2n) is 6.83. The van der Waals surface area contributed by atoms with E-state index in [9.17, 15) is 5.21 Å². The lowest BCUT2D eigenvalue weighted by atomic mass is 10.0. The normalized spacial score (nSPS) is 11.7. The zero-order chi connectivity index (χ0) is 16.8. The van der Waals surface area contributed by atoms with Crippen LogP contribution < -0.4 is 4.73 Å². The van der Waals surface area contributed by atoms with Gasteiger partial charge in [-0.3, -0.25) is 0 Å². The minimum atomic E-state index is 0.414. The van der Waals surface area contributed by atoms with Crippen LogP contribution in [0.5, 0.6) is 0 Å². The maximum atomic E-state index is 12.4. The number of hydrogen-bond donors (Lipinski definition) is 0. The Kier molecular flexibility index (Phi) is 5.91. The molecule has 0 unspecified atom stereocenters. The molecule has 0 saturated heterocycles. The van der Waals surface area contributed by atoms with Crippen LogP contribution in [0.3, 0.4) is 0 Å². The predicted octanol–water partition coefficient (Wildman–Crippen LogP) is 4.28. The van der Waals surface area contributed by atoms with Gasteiger partial charge in [0.1, 0.15) is 11.4 Å². The number of rotatable bonds is 6. The summed E-state index contributed by atoms with van der Waals surface area (Å²) in [6.45, 7) is 8.51. The number of benzene rings is 1. The van der Waals surface area contributed by atoms with E-state index in [-0.39, 0.29) is 0 Å². The Morgan fingerprint density at radius 2 is 1.65 bits per heavy atom. The largest absolute Gasteiger partial charge is 0.618 e. The predicted molar refractivity (Wildman–Crippen MR) is 95.7 cm³/mol. The molecule has 2 rings (SSSR count). The van der Waals surface area contributed by atoms with Crippen LogP contribution in [-0.4, -0.2) is 4.98 Å². The Hall–Kier alpha value is -2.16. The summed E-state index contributed by atoms with van der Waals surface area (Å²) in [5.41, 5.74) is 3.50. The molecule has 0 radical (unpaired) electrons. The van der Waals surface area contributed by atoms with Crippen molar-refractivity contribution in [1.29, 1.82) is 0 Å². The van der Waals surface area contributed by atoms with Gasteiger partial charge in [0, 0.05) is 6.42 Å². The Morgan fingerprint density at radius 1 is 1.00 bits per heavy atom. The molecule has 3 heteroatoms. The summed E-state index contributed by atoms with van der Waals surface area (Å²) in [6, 6.07) is 10.1. The van der Waals surface area contributed by atoms with Gasteiger partial charge < -0.3 is 5.21 Å². The van der Waals surface area contributed by atoms with Gasteiger partial charge in [-0.1, -0.05) is 64.1 Å². The van der Waals surface area contributed by atoms with Crippen molar-refractivity contribution in [2.45, 2.75) is 40.5 Å². The summed E-state index contributed by atoms with van der Waals surface area (Å²) in [7, 11) is 0. The molecule has 1 heterocycles. The van der Waals surface area contributed by atoms with E-state index in [4.69, 9.17) is 4.98 Å². The summed E-state index contributed by atoms with van der Waals surface area (Å²) < 4.78 is 1.01. The zero-order valence-electron chi connectivity index (χ0n) is 14.5. The third-order valence-corrected chi connectivity index (χ3v) is 3.54. The Labute approximate surface area is 139 Å². The van der Waals surface area contributed by atoms with Crippen molar-refractivity contribution in [3.63, 3.8) is 0 Å². The maximum absolute atomic E-state index is 12.4. The second kappa shape index (κ2) is 7.91. The standard InChI is InChI=1S/C20H26N2O/c1-15(2)12-18-14-22(23)20(13-16(3)4)19(21-18)11-10-17-8-6-5-7-9-17/h5-11,14-16H,12-13H2,1-4H3/b11-10+. The molecule has 0 amide bonds. The number of aromatic nitrogens is 2. The number of hydrogen-bond acceptors (Lipinski definition) is 2. The molecule has 0 aliphatic rings. The highest BCUT2D eigenvalue weighted by molar-refractivity contribution is 5.68. The molecule has 0 atom stereocenters. The molecule has 0 fully saturated rings. The highest BCUT2D eigenvalue weighted by Crippen LogP contribution is 2.14. The summed E-state index contributed by atoms with van der Waals surface area (Å²) in [4.78, 5) is 4.73. The Bertz CT molecular complexity index is 661. The molecule has 0 spiro atoms. The maximum Gasteiger partial charge on any atom is 0.218 e. The van der Waals surface area contributed by atoms with Crippen molar-refractivity contribution in [3.8, 4) is 0 Å². The first-order valence-electron chi connectivity index (χ1n) is 8.30. The van der Waals surface area contributed by atoms with Gasteiger partial charge in [0.05, 0.1) is 0 Å². The van der Waals surface area contributed by atoms with Gasteiger partial charge >= 0.3 is 0 Å². The fourth-order valence-electron chi connectivity index (χ4n) is 2.54. The average molecular weight is 310 g/mol. The lowest BCUT2D eigenvalue weighted by molar-refractivity contribution is -0.615. The first-order valence-corrected chi connectivity index (χ1v) is 8.30. The van der Waals surface area contributed by atoms with Crippen LogP contribution in [0.15, 0.2) is 36.5 Å². The average Bonchev–Trinajstić information content (AvgIpc) is 2.48. The summed E-state index contributed by atoms with van der Waals surface area (Å²) in [5.74, 6) is 0.890. The lowest BCUT2D eigenvalue weighted by Crippen LogP contribution is -2.35. The fourth-order valence-corrected chi connectivity index (χ4v) is 2.54. The Balaban J connectivity index is 2.40. The van der Waals surface area contributed by atoms with Crippen LogP contribution in [0.1, 0.15) is 50.3 Å². The molecule has 23 heavy (non-hydrogen) atoms. The summed E-state index contributed by atoms with van der Waals surface area (Å²) in [6.07, 6.45) is 7.16. The molecule has 0 aliphatic heterocycles. The minimum absolute atomic E-state index is 0.414. The molecule has 122 valence electrons. The van der Waals surface area contributed by atoms with E-state index < -0.39 is 0 Å². The van der Waals surface area contributed by atoms with Gasteiger partial charge in [-0.25, -0.2) is 4.98 Å². The highest BCUT2D eigenvalue weighted by atomic mass is 16.5. The molecular formula is C20H26N2O. The number of nitrogens with zero attached hydrogens (tertiary/aromatic N) is 2. The van der Waals surface area contributed by atoms with Crippen LogP contribution in [-0.2, 0) is 12.8 Å². The van der Waals surface area contributed by atoms with E-state index in [1.807, 2.05) is 42.5 Å². The fraction of sp³-hybridized carbons (Fsp3) is 0.400. The van der Waals surface area contributed by atoms with E-state index in [1.165, 1.54) is 0 Å². The lowest BCUT2D eigenvalue weighted by Gasteiger charge is -2.12. The van der Waals surface area contributed by atoms with E-state index in [0.29, 0.717) is 11.8 Å². The van der Waals surface area contributed by atoms with Gasteiger partial charge in [0.15, 0.2) is 0 Å². The van der Waals surface area contributed by atoms with Crippen molar-refractivity contribution in [3.05, 3.63) is 64.4 Å². The first kappa shape index (κ1) is 17.2. The smallest absolute Gasteiger partial charge is 0.218 e. The third-order valence-electron chi connectivity index (χ3n) is 3.54. The van der Waals surface area contributed by atoms with Gasteiger partial charge in [0.2, 0.25) is 11.9 Å². The van der Waals surface area contributed by atoms with Crippen molar-refractivity contribution >= 4 is 12.2 Å². The molecule has 0 N–H and O–H groups in total. The van der Waals surface area contributed by atoms with Gasteiger partial charge in [-0.05, 0) is 29.9 Å². The van der Waals surface area contributed by atoms with Crippen molar-refractivity contribution in [1.82, 2.24) is 4.98 Å². The SMILES string of the molecule is CC(C)Cc1c[n+]([O-])c(CC(C)C)c(/C=C/c2ccccc2)n1. The third kappa shape index (κ3) is 5.20. The molecule has 0 bridgehead atoms. The van der Waals surface area contributed by atoms with E-state index in [2.05, 4.69) is 27.7 Å².